The zero-order valence-electron chi connectivity index (χ0n) is 7.20. The van der Waals surface area contributed by atoms with Crippen LogP contribution in [-0.2, 0) is 4.79 Å². The van der Waals surface area contributed by atoms with Crippen LogP contribution in [0.15, 0.2) is 35.5 Å². The molecule has 0 amide bonds. The summed E-state index contributed by atoms with van der Waals surface area (Å²) >= 11 is 5.45. The molecular weight excluding hydrogens is 200 g/mol. The molecule has 3 nitrogen and oxygen atoms in total. The van der Waals surface area contributed by atoms with Crippen molar-refractivity contribution in [2.24, 2.45) is 0 Å². The maximum Gasteiger partial charge on any atom is 0.162 e. The average Bonchev–Trinajstić information content (AvgIpc) is 2.26. The van der Waals surface area contributed by atoms with Crippen LogP contribution in [0.5, 0.6) is 0 Å². The van der Waals surface area contributed by atoms with E-state index < -0.39 is 0 Å². The fourth-order valence-electron chi connectivity index (χ4n) is 0.865. The van der Waals surface area contributed by atoms with Gasteiger partial charge in [-0.3, -0.25) is 4.79 Å². The van der Waals surface area contributed by atoms with Crippen molar-refractivity contribution in [2.75, 3.05) is 5.32 Å². The zero-order valence-corrected chi connectivity index (χ0v) is 7.95. The lowest BCUT2D eigenvalue weighted by Crippen LogP contribution is -1.89. The SMILES string of the molecule is N#Cc1cccc(N/C=C(\Cl)C=O)c1. The van der Waals surface area contributed by atoms with Gasteiger partial charge in [0.2, 0.25) is 0 Å². The Morgan fingerprint density at radius 3 is 3.00 bits per heavy atom. The Kier molecular flexibility index (Phi) is 3.71. The van der Waals surface area contributed by atoms with Gasteiger partial charge in [0, 0.05) is 11.9 Å². The monoisotopic (exact) mass is 206 g/mol. The molecule has 0 radical (unpaired) electrons. The third-order valence-corrected chi connectivity index (χ3v) is 1.68. The molecule has 0 aromatic heterocycles. The summed E-state index contributed by atoms with van der Waals surface area (Å²) in [6.07, 6.45) is 1.90. The molecule has 1 N–H and O–H groups in total. The molecule has 0 bridgehead atoms. The molecule has 1 aromatic rings. The number of benzene rings is 1. The van der Waals surface area contributed by atoms with Crippen molar-refractivity contribution in [1.82, 2.24) is 0 Å². The molecule has 0 saturated carbocycles. The van der Waals surface area contributed by atoms with Crippen LogP contribution in [0.1, 0.15) is 5.56 Å². The van der Waals surface area contributed by atoms with Gasteiger partial charge >= 0.3 is 0 Å². The number of rotatable bonds is 3. The maximum atomic E-state index is 10.2. The van der Waals surface area contributed by atoms with Crippen LogP contribution < -0.4 is 5.32 Å². The van der Waals surface area contributed by atoms with E-state index in [2.05, 4.69) is 5.32 Å². The van der Waals surface area contributed by atoms with Crippen molar-refractivity contribution in [3.05, 3.63) is 41.1 Å². The molecule has 1 rings (SSSR count). The normalized spacial score (nSPS) is 10.4. The van der Waals surface area contributed by atoms with Crippen LogP contribution in [0.25, 0.3) is 0 Å². The lowest BCUT2D eigenvalue weighted by atomic mass is 10.2. The van der Waals surface area contributed by atoms with Crippen LogP contribution in [0.3, 0.4) is 0 Å². The second kappa shape index (κ2) is 5.05. The van der Waals surface area contributed by atoms with E-state index in [0.29, 0.717) is 17.5 Å². The van der Waals surface area contributed by atoms with Gasteiger partial charge in [0.25, 0.3) is 0 Å². The molecule has 0 fully saturated rings. The van der Waals surface area contributed by atoms with Crippen molar-refractivity contribution in [1.29, 1.82) is 5.26 Å². The Bertz CT molecular complexity index is 407. The van der Waals surface area contributed by atoms with Gasteiger partial charge in [0.15, 0.2) is 6.29 Å². The second-order valence-electron chi connectivity index (χ2n) is 2.48. The van der Waals surface area contributed by atoms with E-state index in [-0.39, 0.29) is 5.03 Å². The summed E-state index contributed by atoms with van der Waals surface area (Å²) < 4.78 is 0. The minimum Gasteiger partial charge on any atom is -0.360 e. The Balaban J connectivity index is 2.78. The Morgan fingerprint density at radius 1 is 1.57 bits per heavy atom. The molecule has 0 heterocycles. The molecule has 0 saturated heterocycles. The van der Waals surface area contributed by atoms with Crippen molar-refractivity contribution < 1.29 is 4.79 Å². The minimum atomic E-state index is 0.0763. The average molecular weight is 207 g/mol. The molecule has 0 aliphatic carbocycles. The number of nitriles is 1. The van der Waals surface area contributed by atoms with Crippen molar-refractivity contribution in [2.45, 2.75) is 0 Å². The molecule has 0 spiro atoms. The number of anilines is 1. The number of allylic oxidation sites excluding steroid dienone is 1. The van der Waals surface area contributed by atoms with Crippen molar-refractivity contribution in [3.63, 3.8) is 0 Å². The van der Waals surface area contributed by atoms with Gasteiger partial charge in [-0.05, 0) is 18.2 Å². The highest BCUT2D eigenvalue weighted by Crippen LogP contribution is 2.10. The van der Waals surface area contributed by atoms with Gasteiger partial charge < -0.3 is 5.32 Å². The third-order valence-electron chi connectivity index (χ3n) is 1.48. The number of carbonyl (C=O) groups is 1. The number of hydrogen-bond donors (Lipinski definition) is 1. The highest BCUT2D eigenvalue weighted by molar-refractivity contribution is 6.38. The van der Waals surface area contributed by atoms with Crippen molar-refractivity contribution >= 4 is 23.6 Å². The number of nitrogens with zero attached hydrogens (tertiary/aromatic N) is 1. The first-order valence-corrected chi connectivity index (χ1v) is 4.21. The van der Waals surface area contributed by atoms with Gasteiger partial charge in [0.05, 0.1) is 16.7 Å². The predicted molar refractivity (Wildman–Crippen MR) is 54.8 cm³/mol. The number of halogens is 1. The molecule has 1 aromatic carbocycles. The first kappa shape index (κ1) is 10.3. The van der Waals surface area contributed by atoms with Crippen LogP contribution >= 0.6 is 11.6 Å². The maximum absolute atomic E-state index is 10.2. The third kappa shape index (κ3) is 2.92. The van der Waals surface area contributed by atoms with E-state index in [4.69, 9.17) is 16.9 Å². The zero-order chi connectivity index (χ0) is 10.4. The number of aldehydes is 1. The van der Waals surface area contributed by atoms with Crippen LogP contribution in [0.4, 0.5) is 5.69 Å². The molecule has 0 unspecified atom stereocenters. The molecule has 0 atom stereocenters. The lowest BCUT2D eigenvalue weighted by Gasteiger charge is -1.99. The largest absolute Gasteiger partial charge is 0.360 e. The smallest absolute Gasteiger partial charge is 0.162 e. The summed E-state index contributed by atoms with van der Waals surface area (Å²) in [4.78, 5) is 10.2. The minimum absolute atomic E-state index is 0.0763. The quantitative estimate of drug-likeness (QED) is 0.610. The summed E-state index contributed by atoms with van der Waals surface area (Å²) in [7, 11) is 0. The van der Waals surface area contributed by atoms with Gasteiger partial charge in [-0.25, -0.2) is 0 Å². The Hall–Kier alpha value is -1.79. The van der Waals surface area contributed by atoms with Crippen molar-refractivity contribution in [3.8, 4) is 6.07 Å². The second-order valence-corrected chi connectivity index (χ2v) is 2.92. The summed E-state index contributed by atoms with van der Waals surface area (Å²) in [6.45, 7) is 0. The standard InChI is InChI=1S/C10H7ClN2O/c11-9(7-14)6-13-10-3-1-2-8(4-10)5-12/h1-4,6-7,13H/b9-6-. The highest BCUT2D eigenvalue weighted by atomic mass is 35.5. The van der Waals surface area contributed by atoms with Crippen LogP contribution in [0.2, 0.25) is 0 Å². The molecule has 0 aliphatic heterocycles. The fraction of sp³-hybridized carbons (Fsp3) is 0. The summed E-state index contributed by atoms with van der Waals surface area (Å²) in [5.41, 5.74) is 1.26. The highest BCUT2D eigenvalue weighted by Gasteiger charge is 1.92. The summed E-state index contributed by atoms with van der Waals surface area (Å²) in [6, 6.07) is 8.86. The van der Waals surface area contributed by atoms with Crippen LogP contribution in [-0.4, -0.2) is 6.29 Å². The van der Waals surface area contributed by atoms with Gasteiger partial charge in [-0.1, -0.05) is 17.7 Å². The van der Waals surface area contributed by atoms with E-state index in [1.807, 2.05) is 6.07 Å². The fourth-order valence-corrected chi connectivity index (χ4v) is 0.919. The van der Waals surface area contributed by atoms with E-state index in [1.165, 1.54) is 6.20 Å². The van der Waals surface area contributed by atoms with E-state index in [9.17, 15) is 4.79 Å². The van der Waals surface area contributed by atoms with Gasteiger partial charge in [-0.2, -0.15) is 5.26 Å². The van der Waals surface area contributed by atoms with Crippen LogP contribution in [0, 0.1) is 11.3 Å². The van der Waals surface area contributed by atoms with E-state index >= 15 is 0 Å². The lowest BCUT2D eigenvalue weighted by molar-refractivity contribution is -0.104. The number of carbonyl (C=O) groups excluding carboxylic acids is 1. The Morgan fingerprint density at radius 2 is 2.36 bits per heavy atom. The van der Waals surface area contributed by atoms with E-state index in [0.717, 1.165) is 0 Å². The summed E-state index contributed by atoms with van der Waals surface area (Å²) in [5.74, 6) is 0. The number of hydrogen-bond acceptors (Lipinski definition) is 3. The Labute approximate surface area is 86.6 Å². The van der Waals surface area contributed by atoms with Gasteiger partial charge in [0.1, 0.15) is 0 Å². The number of nitrogens with one attached hydrogen (secondary N) is 1. The molecule has 0 aliphatic rings. The molecule has 14 heavy (non-hydrogen) atoms. The van der Waals surface area contributed by atoms with Gasteiger partial charge in [-0.15, -0.1) is 0 Å². The first-order valence-electron chi connectivity index (χ1n) is 3.84. The molecule has 4 heteroatoms. The first-order chi connectivity index (χ1) is 6.76. The molecular formula is C10H7ClN2O. The van der Waals surface area contributed by atoms with E-state index in [1.54, 1.807) is 24.3 Å². The molecule has 70 valence electrons. The summed E-state index contributed by atoms with van der Waals surface area (Å²) in [5, 5.41) is 11.5. The topological polar surface area (TPSA) is 52.9 Å². The predicted octanol–water partition coefficient (Wildman–Crippen LogP) is 2.25.